The number of benzene rings is 5. The number of nitrogens with zero attached hydrogens (tertiary/aromatic N) is 1. The van der Waals surface area contributed by atoms with Crippen LogP contribution in [0.15, 0.2) is 133 Å². The van der Waals surface area contributed by atoms with Gasteiger partial charge in [-0.05, 0) is 76.9 Å². The van der Waals surface area contributed by atoms with Gasteiger partial charge in [-0.25, -0.2) is 9.59 Å². The van der Waals surface area contributed by atoms with Gasteiger partial charge in [-0.1, -0.05) is 121 Å². The Labute approximate surface area is 320 Å². The highest BCUT2D eigenvalue weighted by Crippen LogP contribution is 2.44. The van der Waals surface area contributed by atoms with Crippen LogP contribution in [0.25, 0.3) is 11.1 Å². The normalized spacial score (nSPS) is 14.2. The molecule has 0 bridgehead atoms. The molecule has 2 N–H and O–H groups in total. The van der Waals surface area contributed by atoms with Gasteiger partial charge in [0.05, 0.1) is 12.6 Å². The maximum atomic E-state index is 13.5. The third-order valence-corrected chi connectivity index (χ3v) is 10.4. The molecule has 7 rings (SSSR count). The van der Waals surface area contributed by atoms with Crippen molar-refractivity contribution in [3.63, 3.8) is 0 Å². The third kappa shape index (κ3) is 7.86. The molecule has 10 heteroatoms. The molecule has 3 amide bonds. The minimum atomic E-state index is -1.17. The Kier molecular flexibility index (Phi) is 11.3. The molecule has 1 aliphatic heterocycles. The van der Waals surface area contributed by atoms with Crippen molar-refractivity contribution in [2.24, 2.45) is 0 Å². The summed E-state index contributed by atoms with van der Waals surface area (Å²) in [6.07, 6.45) is 0.387. The van der Waals surface area contributed by atoms with Crippen LogP contribution < -0.4 is 15.4 Å². The summed E-state index contributed by atoms with van der Waals surface area (Å²) in [5.41, 5.74) is 6.70. The van der Waals surface area contributed by atoms with Gasteiger partial charge in [0.1, 0.15) is 18.4 Å². The molecule has 1 atom stereocenters. The van der Waals surface area contributed by atoms with E-state index in [0.717, 1.165) is 44.7 Å². The average molecular weight is 738 g/mol. The van der Waals surface area contributed by atoms with Gasteiger partial charge in [-0.3, -0.25) is 14.9 Å². The van der Waals surface area contributed by atoms with E-state index in [-0.39, 0.29) is 31.8 Å². The summed E-state index contributed by atoms with van der Waals surface area (Å²) >= 11 is 0. The molecule has 1 heterocycles. The van der Waals surface area contributed by atoms with Crippen LogP contribution in [0, 0.1) is 0 Å². The summed E-state index contributed by atoms with van der Waals surface area (Å²) in [6, 6.07) is 43.2. The zero-order valence-electron chi connectivity index (χ0n) is 30.6. The second-order valence-corrected chi connectivity index (χ2v) is 13.6. The fraction of sp³-hybridized carbons (Fsp3) is 0.244. The molecule has 2 aliphatic rings. The highest BCUT2D eigenvalue weighted by atomic mass is 16.7. The first-order chi connectivity index (χ1) is 26.9. The highest BCUT2D eigenvalue weighted by molar-refractivity contribution is 6.02. The van der Waals surface area contributed by atoms with E-state index in [9.17, 15) is 19.2 Å². The summed E-state index contributed by atoms with van der Waals surface area (Å²) in [7, 11) is 1.64. The van der Waals surface area contributed by atoms with Crippen LogP contribution in [0.3, 0.4) is 0 Å². The van der Waals surface area contributed by atoms with Gasteiger partial charge < -0.3 is 19.6 Å². The maximum Gasteiger partial charge on any atom is 0.407 e. The molecule has 1 saturated heterocycles. The highest BCUT2D eigenvalue weighted by Gasteiger charge is 2.37. The van der Waals surface area contributed by atoms with Crippen molar-refractivity contribution >= 4 is 23.9 Å². The number of fused-ring (bicyclic) bond motifs is 3. The van der Waals surface area contributed by atoms with Crippen LogP contribution in [0.4, 0.5) is 4.79 Å². The molecule has 0 radical (unpaired) electrons. The standard InChI is InChI=1S/C45H43N3O7/c1-53-34-25-23-33(24-26-34)45(31-14-4-2-5-15-31,32-16-6-3-7-17-32)46-29-13-12-22-40(43(51)55-48-41(49)27-28-42(48)50)47-44(52)54-30-39-37-20-10-8-18-35(37)36-19-9-11-21-38(36)39/h2-11,14-21,23-26,39-40,46H,12-13,22,27-30H2,1H3,(H,47,52)/t40-/m0/s1. The predicted molar refractivity (Wildman–Crippen MR) is 207 cm³/mol. The number of alkyl carbamates (subject to hydrolysis) is 1. The first kappa shape index (κ1) is 37.1. The van der Waals surface area contributed by atoms with Gasteiger partial charge in [0.2, 0.25) is 0 Å². The molecule has 5 aromatic carbocycles. The van der Waals surface area contributed by atoms with Crippen LogP contribution in [0.2, 0.25) is 0 Å². The first-order valence-electron chi connectivity index (χ1n) is 18.6. The van der Waals surface area contributed by atoms with E-state index in [1.807, 2.05) is 84.9 Å². The molecule has 10 nitrogen and oxygen atoms in total. The van der Waals surface area contributed by atoms with Gasteiger partial charge in [0.25, 0.3) is 11.8 Å². The summed E-state index contributed by atoms with van der Waals surface area (Å²) < 4.78 is 11.2. The SMILES string of the molecule is COc1ccc(C(NCCCC[C@H](NC(=O)OCC2c3ccccc3-c3ccccc32)C(=O)ON2C(=O)CCC2=O)(c2ccccc2)c2ccccc2)cc1. The van der Waals surface area contributed by atoms with Crippen molar-refractivity contribution in [2.75, 3.05) is 20.3 Å². The second-order valence-electron chi connectivity index (χ2n) is 13.6. The number of unbranched alkanes of at least 4 members (excludes halogenated alkanes) is 1. The van der Waals surface area contributed by atoms with E-state index in [4.69, 9.17) is 14.3 Å². The van der Waals surface area contributed by atoms with Crippen molar-refractivity contribution in [3.05, 3.63) is 161 Å². The van der Waals surface area contributed by atoms with Gasteiger partial charge in [-0.2, -0.15) is 0 Å². The average Bonchev–Trinajstić information content (AvgIpc) is 3.73. The lowest BCUT2D eigenvalue weighted by Crippen LogP contribution is -2.46. The van der Waals surface area contributed by atoms with Gasteiger partial charge in [-0.15, -0.1) is 5.06 Å². The molecular formula is C45H43N3O7. The monoisotopic (exact) mass is 737 g/mol. The third-order valence-electron chi connectivity index (χ3n) is 10.4. The molecule has 0 aromatic heterocycles. The van der Waals surface area contributed by atoms with E-state index < -0.39 is 35.5 Å². The topological polar surface area (TPSA) is 123 Å². The number of amides is 3. The van der Waals surface area contributed by atoms with Gasteiger partial charge >= 0.3 is 12.1 Å². The fourth-order valence-electron chi connectivity index (χ4n) is 7.62. The number of hydrogen-bond acceptors (Lipinski definition) is 8. The van der Waals surface area contributed by atoms with E-state index in [1.165, 1.54) is 0 Å². The summed E-state index contributed by atoms with van der Waals surface area (Å²) in [5, 5.41) is 7.00. The molecule has 0 spiro atoms. The van der Waals surface area contributed by atoms with E-state index in [1.54, 1.807) is 7.11 Å². The number of rotatable bonds is 15. The lowest BCUT2D eigenvalue weighted by atomic mass is 9.77. The molecule has 280 valence electrons. The number of ether oxygens (including phenoxy) is 2. The van der Waals surface area contributed by atoms with Crippen molar-refractivity contribution in [1.82, 2.24) is 15.7 Å². The lowest BCUT2D eigenvalue weighted by Gasteiger charge is -2.37. The van der Waals surface area contributed by atoms with Crippen molar-refractivity contribution in [1.29, 1.82) is 0 Å². The summed E-state index contributed by atoms with van der Waals surface area (Å²) in [6.45, 7) is 0.590. The van der Waals surface area contributed by atoms with E-state index in [2.05, 4.69) is 59.2 Å². The van der Waals surface area contributed by atoms with Crippen LogP contribution in [-0.2, 0) is 29.5 Å². The Morgan fingerprint density at radius 2 is 1.24 bits per heavy atom. The van der Waals surface area contributed by atoms with Crippen molar-refractivity contribution in [3.8, 4) is 16.9 Å². The minimum absolute atomic E-state index is 0.0406. The summed E-state index contributed by atoms with van der Waals surface area (Å²) in [4.78, 5) is 56.7. The molecule has 0 saturated carbocycles. The first-order valence-corrected chi connectivity index (χ1v) is 18.6. The molecule has 0 unspecified atom stereocenters. The minimum Gasteiger partial charge on any atom is -0.497 e. The molecule has 1 fully saturated rings. The van der Waals surface area contributed by atoms with Crippen LogP contribution >= 0.6 is 0 Å². The predicted octanol–water partition coefficient (Wildman–Crippen LogP) is 7.26. The number of hydroxylamine groups is 2. The Bertz CT molecular complexity index is 2040. The lowest BCUT2D eigenvalue weighted by molar-refractivity contribution is -0.199. The smallest absolute Gasteiger partial charge is 0.407 e. The zero-order chi connectivity index (χ0) is 38.2. The molecular weight excluding hydrogens is 695 g/mol. The Morgan fingerprint density at radius 1 is 0.709 bits per heavy atom. The van der Waals surface area contributed by atoms with Crippen LogP contribution in [0.5, 0.6) is 5.75 Å². The van der Waals surface area contributed by atoms with Crippen molar-refractivity contribution < 1.29 is 33.5 Å². The van der Waals surface area contributed by atoms with Crippen LogP contribution in [-0.4, -0.2) is 55.2 Å². The Balaban J connectivity index is 1.05. The number of carbonyl (C=O) groups excluding carboxylic acids is 4. The largest absolute Gasteiger partial charge is 0.497 e. The number of methoxy groups -OCH3 is 1. The van der Waals surface area contributed by atoms with Gasteiger partial charge in [0, 0.05) is 18.8 Å². The quantitative estimate of drug-likeness (QED) is 0.0654. The maximum absolute atomic E-state index is 13.5. The Hall–Kier alpha value is -6.26. The molecule has 55 heavy (non-hydrogen) atoms. The molecule has 5 aromatic rings. The Morgan fingerprint density at radius 3 is 1.80 bits per heavy atom. The van der Waals surface area contributed by atoms with E-state index >= 15 is 0 Å². The van der Waals surface area contributed by atoms with Crippen LogP contribution in [0.1, 0.15) is 65.8 Å². The summed E-state index contributed by atoms with van der Waals surface area (Å²) in [5.74, 6) is -1.53. The fourth-order valence-corrected chi connectivity index (χ4v) is 7.62. The zero-order valence-corrected chi connectivity index (χ0v) is 30.6. The number of carbonyl (C=O) groups is 4. The van der Waals surface area contributed by atoms with E-state index in [0.29, 0.717) is 24.4 Å². The number of nitrogens with one attached hydrogen (secondary N) is 2. The number of imide groups is 1. The second kappa shape index (κ2) is 16.8. The molecule has 1 aliphatic carbocycles. The van der Waals surface area contributed by atoms with Crippen molar-refractivity contribution in [2.45, 2.75) is 49.6 Å². The van der Waals surface area contributed by atoms with Gasteiger partial charge in [0.15, 0.2) is 0 Å². The number of hydrogen-bond donors (Lipinski definition) is 2.